The zero-order valence-electron chi connectivity index (χ0n) is 11.1. The molecule has 6 nitrogen and oxygen atoms in total. The zero-order valence-corrected chi connectivity index (χ0v) is 13.5. The largest absolute Gasteiger partial charge is 0.462 e. The Bertz CT molecular complexity index is 594. The van der Waals surface area contributed by atoms with Gasteiger partial charge in [0, 0.05) is 10.2 Å². The second kappa shape index (κ2) is 6.95. The van der Waals surface area contributed by atoms with E-state index in [9.17, 15) is 14.4 Å². The van der Waals surface area contributed by atoms with E-state index in [1.165, 1.54) is 0 Å². The van der Waals surface area contributed by atoms with Gasteiger partial charge in [-0.15, -0.1) is 0 Å². The lowest BCUT2D eigenvalue weighted by molar-refractivity contribution is -0.117. The molecule has 2 rings (SSSR count). The Morgan fingerprint density at radius 2 is 2.29 bits per heavy atom. The highest BCUT2D eigenvalue weighted by Crippen LogP contribution is 2.25. The van der Waals surface area contributed by atoms with Gasteiger partial charge in [0.25, 0.3) is 5.24 Å². The van der Waals surface area contributed by atoms with Crippen LogP contribution in [0, 0.1) is 0 Å². The second-order valence-electron chi connectivity index (χ2n) is 4.20. The molecule has 0 radical (unpaired) electrons. The summed E-state index contributed by atoms with van der Waals surface area (Å²) < 4.78 is 5.47. The summed E-state index contributed by atoms with van der Waals surface area (Å²) >= 11 is 4.38. The molecule has 1 aromatic carbocycles. The van der Waals surface area contributed by atoms with Crippen molar-refractivity contribution in [2.75, 3.05) is 17.7 Å². The molecule has 0 aliphatic carbocycles. The molecule has 1 fully saturated rings. The van der Waals surface area contributed by atoms with Gasteiger partial charge in [0.2, 0.25) is 5.91 Å². The molecule has 0 saturated carbocycles. The molecular weight excluding hydrogens is 360 g/mol. The minimum atomic E-state index is -0.542. The van der Waals surface area contributed by atoms with Gasteiger partial charge in [-0.05, 0) is 41.1 Å². The average molecular weight is 373 g/mol. The van der Waals surface area contributed by atoms with Crippen molar-refractivity contribution in [1.29, 1.82) is 0 Å². The van der Waals surface area contributed by atoms with Crippen LogP contribution in [0.15, 0.2) is 22.7 Å². The molecule has 2 amide bonds. The van der Waals surface area contributed by atoms with E-state index < -0.39 is 12.0 Å². The van der Waals surface area contributed by atoms with Crippen LogP contribution in [0.1, 0.15) is 17.3 Å². The molecule has 0 spiro atoms. The Labute approximate surface area is 134 Å². The second-order valence-corrected chi connectivity index (χ2v) is 6.05. The lowest BCUT2D eigenvalue weighted by Crippen LogP contribution is -2.38. The fraction of sp³-hybridized carbons (Fsp3) is 0.308. The molecule has 1 saturated heterocycles. The lowest BCUT2D eigenvalue weighted by Gasteiger charge is -2.12. The predicted molar refractivity (Wildman–Crippen MR) is 83.5 cm³/mol. The highest BCUT2D eigenvalue weighted by molar-refractivity contribution is 9.10. The van der Waals surface area contributed by atoms with Crippen LogP contribution in [-0.4, -0.2) is 35.5 Å². The van der Waals surface area contributed by atoms with E-state index in [0.29, 0.717) is 28.1 Å². The number of carbonyl (C=O) groups is 3. The summed E-state index contributed by atoms with van der Waals surface area (Å²) in [5.41, 5.74) is 0.922. The smallest absolute Gasteiger partial charge is 0.338 e. The van der Waals surface area contributed by atoms with Crippen LogP contribution >= 0.6 is 27.7 Å². The third kappa shape index (κ3) is 3.98. The number of halogens is 1. The molecule has 1 unspecified atom stereocenters. The fourth-order valence-corrected chi connectivity index (χ4v) is 2.96. The van der Waals surface area contributed by atoms with Gasteiger partial charge in [-0.3, -0.25) is 9.59 Å². The number of thioether (sulfide) groups is 1. The maximum Gasteiger partial charge on any atom is 0.338 e. The van der Waals surface area contributed by atoms with Gasteiger partial charge in [-0.25, -0.2) is 4.79 Å². The maximum absolute atomic E-state index is 12.0. The van der Waals surface area contributed by atoms with Gasteiger partial charge in [0.1, 0.15) is 6.04 Å². The molecule has 112 valence electrons. The number of hydrogen-bond donors (Lipinski definition) is 2. The molecule has 1 aliphatic heterocycles. The van der Waals surface area contributed by atoms with E-state index in [1.807, 2.05) is 0 Å². The van der Waals surface area contributed by atoms with Gasteiger partial charge in [-0.1, -0.05) is 11.8 Å². The minimum absolute atomic E-state index is 0.202. The monoisotopic (exact) mass is 372 g/mol. The van der Waals surface area contributed by atoms with Gasteiger partial charge in [0.05, 0.1) is 17.9 Å². The van der Waals surface area contributed by atoms with Crippen LogP contribution < -0.4 is 10.6 Å². The van der Waals surface area contributed by atoms with Crippen LogP contribution in [0.5, 0.6) is 0 Å². The first-order valence-corrected chi connectivity index (χ1v) is 8.00. The Hall–Kier alpha value is -1.54. The Morgan fingerprint density at radius 3 is 2.86 bits per heavy atom. The topological polar surface area (TPSA) is 84.5 Å². The van der Waals surface area contributed by atoms with Crippen molar-refractivity contribution >= 4 is 50.5 Å². The van der Waals surface area contributed by atoms with Crippen molar-refractivity contribution < 1.29 is 19.1 Å². The molecule has 1 aromatic rings. The Kier molecular flexibility index (Phi) is 5.24. The summed E-state index contributed by atoms with van der Waals surface area (Å²) in [6.45, 7) is 2.03. The Morgan fingerprint density at radius 1 is 1.52 bits per heavy atom. The highest BCUT2D eigenvalue weighted by Gasteiger charge is 2.28. The van der Waals surface area contributed by atoms with E-state index in [0.717, 1.165) is 11.8 Å². The van der Waals surface area contributed by atoms with E-state index in [-0.39, 0.29) is 11.1 Å². The molecular formula is C13H13BrN2O4S. The van der Waals surface area contributed by atoms with Crippen LogP contribution in [0.3, 0.4) is 0 Å². The summed E-state index contributed by atoms with van der Waals surface area (Å²) in [4.78, 5) is 34.6. The number of hydrogen-bond acceptors (Lipinski definition) is 5. The predicted octanol–water partition coefficient (Wildman–Crippen LogP) is 2.39. The van der Waals surface area contributed by atoms with E-state index in [1.54, 1.807) is 25.1 Å². The third-order valence-electron chi connectivity index (χ3n) is 2.73. The third-order valence-corrected chi connectivity index (χ3v) is 4.26. The number of anilines is 1. The lowest BCUT2D eigenvalue weighted by atomic mass is 10.2. The fourth-order valence-electron chi connectivity index (χ4n) is 1.70. The van der Waals surface area contributed by atoms with Crippen molar-refractivity contribution in [2.24, 2.45) is 0 Å². The molecule has 21 heavy (non-hydrogen) atoms. The van der Waals surface area contributed by atoms with Crippen molar-refractivity contribution in [2.45, 2.75) is 13.0 Å². The van der Waals surface area contributed by atoms with Crippen LogP contribution in [0.2, 0.25) is 0 Å². The number of rotatable bonds is 4. The van der Waals surface area contributed by atoms with Gasteiger partial charge < -0.3 is 15.4 Å². The van der Waals surface area contributed by atoms with Gasteiger partial charge in [-0.2, -0.15) is 0 Å². The first kappa shape index (κ1) is 15.8. The molecule has 1 heterocycles. The normalized spacial score (nSPS) is 17.2. The van der Waals surface area contributed by atoms with E-state index >= 15 is 0 Å². The van der Waals surface area contributed by atoms with Crippen molar-refractivity contribution in [3.8, 4) is 0 Å². The average Bonchev–Trinajstić information content (AvgIpc) is 2.88. The quantitative estimate of drug-likeness (QED) is 0.792. The summed E-state index contributed by atoms with van der Waals surface area (Å²) in [5.74, 6) is -0.308. The maximum atomic E-state index is 12.0. The number of benzene rings is 1. The summed E-state index contributed by atoms with van der Waals surface area (Å²) in [5, 5.41) is 5.07. The number of nitrogens with one attached hydrogen (secondary N) is 2. The first-order chi connectivity index (χ1) is 10.0. The van der Waals surface area contributed by atoms with Crippen LogP contribution in [0.25, 0.3) is 0 Å². The summed E-state index contributed by atoms with van der Waals surface area (Å²) in [6.07, 6.45) is 0. The number of esters is 1. The first-order valence-electron chi connectivity index (χ1n) is 6.22. The number of amides is 2. The zero-order chi connectivity index (χ0) is 15.4. The van der Waals surface area contributed by atoms with Crippen molar-refractivity contribution in [3.05, 3.63) is 28.2 Å². The summed E-state index contributed by atoms with van der Waals surface area (Å²) in [6, 6.07) is 4.22. The number of ether oxygens (including phenoxy) is 1. The molecule has 2 N–H and O–H groups in total. The molecule has 8 heteroatoms. The van der Waals surface area contributed by atoms with Crippen LogP contribution in [-0.2, 0) is 9.53 Å². The molecule has 1 atom stereocenters. The van der Waals surface area contributed by atoms with Crippen molar-refractivity contribution in [3.63, 3.8) is 0 Å². The highest BCUT2D eigenvalue weighted by atomic mass is 79.9. The SMILES string of the molecule is CCOC(=O)c1ccc(NC(=O)C2CSC(=O)N2)c(Br)c1. The summed E-state index contributed by atoms with van der Waals surface area (Å²) in [7, 11) is 0. The standard InChI is InChI=1S/C13H13BrN2O4S/c1-2-20-12(18)7-3-4-9(8(14)5-7)15-11(17)10-6-21-13(19)16-10/h3-5,10H,2,6H2,1H3,(H,15,17)(H,16,19). The van der Waals surface area contributed by atoms with E-state index in [2.05, 4.69) is 26.6 Å². The van der Waals surface area contributed by atoms with E-state index in [4.69, 9.17) is 4.74 Å². The molecule has 0 aromatic heterocycles. The molecule has 0 bridgehead atoms. The minimum Gasteiger partial charge on any atom is -0.462 e. The number of carbonyl (C=O) groups excluding carboxylic acids is 3. The van der Waals surface area contributed by atoms with Crippen LogP contribution in [0.4, 0.5) is 10.5 Å². The molecule has 1 aliphatic rings. The Balaban J connectivity index is 2.05. The van der Waals surface area contributed by atoms with Crippen molar-refractivity contribution in [1.82, 2.24) is 5.32 Å². The van der Waals surface area contributed by atoms with Gasteiger partial charge >= 0.3 is 5.97 Å². The van der Waals surface area contributed by atoms with Gasteiger partial charge in [0.15, 0.2) is 0 Å².